The van der Waals surface area contributed by atoms with E-state index in [0.717, 1.165) is 24.0 Å². The first-order chi connectivity index (χ1) is 15.6. The summed E-state index contributed by atoms with van der Waals surface area (Å²) in [4.78, 5) is 27.4. The summed E-state index contributed by atoms with van der Waals surface area (Å²) >= 11 is 0. The van der Waals surface area contributed by atoms with Crippen LogP contribution >= 0.6 is 0 Å². The number of Topliss-reactive ketones (excluding diaryl/α,β-unsaturated/α-hetero) is 1. The number of esters is 1. The van der Waals surface area contributed by atoms with Crippen molar-refractivity contribution in [3.8, 4) is 11.5 Å². The van der Waals surface area contributed by atoms with Gasteiger partial charge in [-0.25, -0.2) is 4.79 Å². The van der Waals surface area contributed by atoms with Gasteiger partial charge in [0.25, 0.3) is 0 Å². The van der Waals surface area contributed by atoms with Crippen molar-refractivity contribution in [2.24, 2.45) is 0 Å². The molecule has 3 heterocycles. The fourth-order valence-corrected chi connectivity index (χ4v) is 4.91. The van der Waals surface area contributed by atoms with Crippen molar-refractivity contribution in [3.63, 3.8) is 0 Å². The van der Waals surface area contributed by atoms with Gasteiger partial charge in [-0.15, -0.1) is 0 Å². The number of benzene rings is 1. The van der Waals surface area contributed by atoms with E-state index in [9.17, 15) is 9.59 Å². The van der Waals surface area contributed by atoms with Crippen LogP contribution in [0.2, 0.25) is 0 Å². The molecular formula is C24H31NO7. The van der Waals surface area contributed by atoms with Gasteiger partial charge < -0.3 is 28.6 Å². The summed E-state index contributed by atoms with van der Waals surface area (Å²) in [6.45, 7) is 4.34. The number of ether oxygens (including phenoxy) is 5. The van der Waals surface area contributed by atoms with Crippen molar-refractivity contribution in [1.29, 1.82) is 0 Å². The normalized spacial score (nSPS) is 24.1. The minimum atomic E-state index is -0.553. The van der Waals surface area contributed by atoms with Gasteiger partial charge in [0.1, 0.15) is 5.57 Å². The second-order valence-corrected chi connectivity index (χ2v) is 8.22. The van der Waals surface area contributed by atoms with Crippen LogP contribution in [-0.2, 0) is 23.8 Å². The van der Waals surface area contributed by atoms with Gasteiger partial charge in [0.15, 0.2) is 17.3 Å². The van der Waals surface area contributed by atoms with Gasteiger partial charge in [0.2, 0.25) is 0 Å². The molecule has 3 aliphatic rings. The highest BCUT2D eigenvalue weighted by atomic mass is 16.5. The Labute approximate surface area is 188 Å². The number of carbonyl (C=O) groups is 2. The third-order valence-electron chi connectivity index (χ3n) is 6.39. The zero-order valence-electron chi connectivity index (χ0n) is 18.9. The topological polar surface area (TPSA) is 83.5 Å². The Morgan fingerprint density at radius 3 is 2.75 bits per heavy atom. The van der Waals surface area contributed by atoms with Gasteiger partial charge in [0, 0.05) is 51.3 Å². The number of hydrogen-bond donors (Lipinski definition) is 0. The van der Waals surface area contributed by atoms with E-state index in [1.165, 1.54) is 0 Å². The van der Waals surface area contributed by atoms with E-state index in [1.54, 1.807) is 27.3 Å². The third kappa shape index (κ3) is 4.21. The maximum absolute atomic E-state index is 12.9. The average molecular weight is 446 g/mol. The Hall–Kier alpha value is -2.58. The lowest BCUT2D eigenvalue weighted by Gasteiger charge is -2.50. The molecule has 3 unspecified atom stereocenters. The Morgan fingerprint density at radius 2 is 2.00 bits per heavy atom. The van der Waals surface area contributed by atoms with E-state index in [0.29, 0.717) is 37.9 Å². The van der Waals surface area contributed by atoms with E-state index in [2.05, 4.69) is 4.90 Å². The number of nitrogens with zero attached hydrogens (tertiary/aromatic N) is 1. The Bertz CT molecular complexity index is 897. The standard InChI is InChI=1S/C24H31NO7/c1-4-31-24(27)17-13-25-19-6-9-30-14-18(19)15-10-23(32-8-5-7-28-2)22(29-3)11-16(15)20(25)12-21(17)26/h10-11,13,18-20H,4-9,12,14H2,1-3H3. The van der Waals surface area contributed by atoms with E-state index in [4.69, 9.17) is 23.7 Å². The predicted molar refractivity (Wildman–Crippen MR) is 116 cm³/mol. The minimum absolute atomic E-state index is 0.107. The first kappa shape index (κ1) is 22.6. The van der Waals surface area contributed by atoms with Crippen LogP contribution < -0.4 is 9.47 Å². The number of rotatable bonds is 8. The molecule has 0 bridgehead atoms. The molecule has 3 aliphatic heterocycles. The van der Waals surface area contributed by atoms with Crippen LogP contribution in [0.5, 0.6) is 11.5 Å². The largest absolute Gasteiger partial charge is 0.493 e. The maximum Gasteiger partial charge on any atom is 0.343 e. The lowest BCUT2D eigenvalue weighted by Crippen LogP contribution is -2.50. The van der Waals surface area contributed by atoms with Crippen molar-refractivity contribution in [3.05, 3.63) is 35.0 Å². The summed E-state index contributed by atoms with van der Waals surface area (Å²) in [6, 6.07) is 3.99. The van der Waals surface area contributed by atoms with Gasteiger partial charge in [-0.3, -0.25) is 4.79 Å². The number of ketones is 1. The summed E-state index contributed by atoms with van der Waals surface area (Å²) < 4.78 is 27.7. The van der Waals surface area contributed by atoms with Crippen LogP contribution in [0.15, 0.2) is 23.9 Å². The second kappa shape index (κ2) is 9.92. The van der Waals surface area contributed by atoms with E-state index in [-0.39, 0.29) is 42.4 Å². The molecule has 32 heavy (non-hydrogen) atoms. The molecule has 1 aromatic rings. The first-order valence-corrected chi connectivity index (χ1v) is 11.2. The zero-order chi connectivity index (χ0) is 22.7. The molecule has 1 aromatic carbocycles. The monoisotopic (exact) mass is 445 g/mol. The Morgan fingerprint density at radius 1 is 1.19 bits per heavy atom. The quantitative estimate of drug-likeness (QED) is 0.343. The highest BCUT2D eigenvalue weighted by Crippen LogP contribution is 2.49. The Balaban J connectivity index is 1.72. The number of methoxy groups -OCH3 is 2. The lowest BCUT2D eigenvalue weighted by molar-refractivity contribution is -0.140. The smallest absolute Gasteiger partial charge is 0.343 e. The third-order valence-corrected chi connectivity index (χ3v) is 6.39. The molecule has 0 spiro atoms. The molecule has 8 heteroatoms. The van der Waals surface area contributed by atoms with Crippen LogP contribution in [0.25, 0.3) is 0 Å². The lowest BCUT2D eigenvalue weighted by atomic mass is 9.75. The van der Waals surface area contributed by atoms with Crippen molar-refractivity contribution < 1.29 is 33.3 Å². The average Bonchev–Trinajstić information content (AvgIpc) is 2.81. The molecule has 0 N–H and O–H groups in total. The van der Waals surface area contributed by atoms with Gasteiger partial charge in [0.05, 0.1) is 33.0 Å². The zero-order valence-corrected chi connectivity index (χ0v) is 18.9. The SMILES string of the molecule is CCOC(=O)C1=CN2C(CC1=O)c1cc(OC)c(OCCCOC)cc1C1COCCC12. The summed E-state index contributed by atoms with van der Waals surface area (Å²) in [6.07, 6.45) is 3.52. The van der Waals surface area contributed by atoms with Crippen molar-refractivity contribution in [2.45, 2.75) is 44.2 Å². The van der Waals surface area contributed by atoms with Crippen molar-refractivity contribution in [1.82, 2.24) is 4.90 Å². The highest BCUT2D eigenvalue weighted by molar-refractivity contribution is 6.17. The summed E-state index contributed by atoms with van der Waals surface area (Å²) in [5.41, 5.74) is 2.27. The molecular weight excluding hydrogens is 414 g/mol. The molecule has 0 radical (unpaired) electrons. The molecule has 0 saturated carbocycles. The molecule has 0 aromatic heterocycles. The molecule has 0 aliphatic carbocycles. The van der Waals surface area contributed by atoms with E-state index in [1.807, 2.05) is 12.1 Å². The van der Waals surface area contributed by atoms with E-state index >= 15 is 0 Å². The minimum Gasteiger partial charge on any atom is -0.493 e. The number of carbonyl (C=O) groups excluding carboxylic acids is 2. The summed E-state index contributed by atoms with van der Waals surface area (Å²) in [5.74, 6) is 0.673. The van der Waals surface area contributed by atoms with E-state index < -0.39 is 5.97 Å². The predicted octanol–water partition coefficient (Wildman–Crippen LogP) is 2.76. The fraction of sp³-hybridized carbons (Fsp3) is 0.583. The van der Waals surface area contributed by atoms with Gasteiger partial charge >= 0.3 is 5.97 Å². The van der Waals surface area contributed by atoms with Gasteiger partial charge in [-0.05, 0) is 36.6 Å². The molecule has 8 nitrogen and oxygen atoms in total. The maximum atomic E-state index is 12.9. The number of fused-ring (bicyclic) bond motifs is 6. The van der Waals surface area contributed by atoms with Crippen LogP contribution in [0.3, 0.4) is 0 Å². The molecule has 3 atom stereocenters. The highest BCUT2D eigenvalue weighted by Gasteiger charge is 2.45. The summed E-state index contributed by atoms with van der Waals surface area (Å²) in [7, 11) is 3.28. The molecule has 4 rings (SSSR count). The van der Waals surface area contributed by atoms with Gasteiger partial charge in [-0.1, -0.05) is 0 Å². The second-order valence-electron chi connectivity index (χ2n) is 8.22. The first-order valence-electron chi connectivity index (χ1n) is 11.2. The van der Waals surface area contributed by atoms with Gasteiger partial charge in [-0.2, -0.15) is 0 Å². The van der Waals surface area contributed by atoms with Crippen LogP contribution in [0.4, 0.5) is 0 Å². The Kier molecular flexibility index (Phi) is 7.01. The van der Waals surface area contributed by atoms with Crippen molar-refractivity contribution in [2.75, 3.05) is 47.3 Å². The van der Waals surface area contributed by atoms with Crippen LogP contribution in [0, 0.1) is 0 Å². The van der Waals surface area contributed by atoms with Crippen LogP contribution in [0.1, 0.15) is 49.3 Å². The summed E-state index contributed by atoms with van der Waals surface area (Å²) in [5, 5.41) is 0. The number of hydrogen-bond acceptors (Lipinski definition) is 8. The molecule has 0 amide bonds. The fourth-order valence-electron chi connectivity index (χ4n) is 4.91. The van der Waals surface area contributed by atoms with Crippen molar-refractivity contribution >= 4 is 11.8 Å². The molecule has 1 fully saturated rings. The van der Waals surface area contributed by atoms with Crippen LogP contribution in [-0.4, -0.2) is 69.9 Å². The molecule has 174 valence electrons. The molecule has 1 saturated heterocycles.